The highest BCUT2D eigenvalue weighted by molar-refractivity contribution is 5.85. The summed E-state index contributed by atoms with van der Waals surface area (Å²) in [6.07, 6.45) is 0. The molecule has 1 aromatic carbocycles. The van der Waals surface area contributed by atoms with E-state index in [4.69, 9.17) is 5.73 Å². The van der Waals surface area contributed by atoms with Crippen molar-refractivity contribution in [1.29, 1.82) is 0 Å². The summed E-state index contributed by atoms with van der Waals surface area (Å²) in [6.45, 7) is 0. The van der Waals surface area contributed by atoms with E-state index < -0.39 is 0 Å². The van der Waals surface area contributed by atoms with Gasteiger partial charge in [0.05, 0.1) is 5.69 Å². The zero-order valence-electron chi connectivity index (χ0n) is 7.11. The predicted molar refractivity (Wildman–Crippen MR) is 54.1 cm³/mol. The number of halogens is 1. The van der Waals surface area contributed by atoms with Crippen molar-refractivity contribution in [3.63, 3.8) is 0 Å². The third-order valence-electron chi connectivity index (χ3n) is 1.53. The maximum Gasteiger partial charge on any atom is 0.140 e. The van der Waals surface area contributed by atoms with Gasteiger partial charge in [0.2, 0.25) is 0 Å². The van der Waals surface area contributed by atoms with Crippen molar-refractivity contribution >= 4 is 23.8 Å². The molecular formula is C8H13ClN2O. The van der Waals surface area contributed by atoms with Crippen molar-refractivity contribution in [2.45, 2.75) is 0 Å². The summed E-state index contributed by atoms with van der Waals surface area (Å²) in [7, 11) is 3.82. The lowest BCUT2D eigenvalue weighted by molar-refractivity contribution is 0.478. The molecule has 0 atom stereocenters. The SMILES string of the molecule is CN(C)c1ccc(N)c(O)c1.Cl. The van der Waals surface area contributed by atoms with Gasteiger partial charge in [0.25, 0.3) is 0 Å². The fourth-order valence-corrected chi connectivity index (χ4v) is 0.810. The molecule has 0 bridgehead atoms. The molecule has 12 heavy (non-hydrogen) atoms. The van der Waals surface area contributed by atoms with Gasteiger partial charge in [-0.05, 0) is 12.1 Å². The number of hydrogen-bond donors (Lipinski definition) is 2. The monoisotopic (exact) mass is 188 g/mol. The minimum atomic E-state index is 0. The van der Waals surface area contributed by atoms with Gasteiger partial charge >= 0.3 is 0 Å². The summed E-state index contributed by atoms with van der Waals surface area (Å²) in [5, 5.41) is 9.20. The van der Waals surface area contributed by atoms with E-state index in [0.29, 0.717) is 5.69 Å². The Hall–Kier alpha value is -1.09. The van der Waals surface area contributed by atoms with Crippen LogP contribution in [0.5, 0.6) is 5.75 Å². The molecule has 0 fully saturated rings. The first-order valence-corrected chi connectivity index (χ1v) is 3.37. The number of nitrogens with two attached hydrogens (primary N) is 1. The summed E-state index contributed by atoms with van der Waals surface area (Å²) >= 11 is 0. The Morgan fingerprint density at radius 2 is 1.92 bits per heavy atom. The molecule has 3 N–H and O–H groups in total. The topological polar surface area (TPSA) is 49.5 Å². The van der Waals surface area contributed by atoms with Crippen LogP contribution >= 0.6 is 12.4 Å². The molecule has 0 saturated heterocycles. The van der Waals surface area contributed by atoms with Crippen LogP contribution < -0.4 is 10.6 Å². The van der Waals surface area contributed by atoms with E-state index in [2.05, 4.69) is 0 Å². The zero-order chi connectivity index (χ0) is 8.43. The third-order valence-corrected chi connectivity index (χ3v) is 1.53. The molecule has 68 valence electrons. The van der Waals surface area contributed by atoms with Crippen molar-refractivity contribution in [2.24, 2.45) is 0 Å². The molecule has 0 aliphatic rings. The van der Waals surface area contributed by atoms with Gasteiger partial charge in [0.15, 0.2) is 0 Å². The van der Waals surface area contributed by atoms with E-state index in [1.165, 1.54) is 0 Å². The smallest absolute Gasteiger partial charge is 0.140 e. The minimum absolute atomic E-state index is 0. The predicted octanol–water partition coefficient (Wildman–Crippen LogP) is 1.46. The van der Waals surface area contributed by atoms with E-state index in [1.807, 2.05) is 25.1 Å². The van der Waals surface area contributed by atoms with Crippen LogP contribution in [0.1, 0.15) is 0 Å². The zero-order valence-corrected chi connectivity index (χ0v) is 7.93. The lowest BCUT2D eigenvalue weighted by Gasteiger charge is -2.12. The quantitative estimate of drug-likeness (QED) is 0.518. The minimum Gasteiger partial charge on any atom is -0.506 e. The standard InChI is InChI=1S/C8H12N2O.ClH/c1-10(2)6-3-4-7(9)8(11)5-6;/h3-5,11H,9H2,1-2H3;1H. The number of phenolic OH excluding ortho intramolecular Hbond substituents is 1. The van der Waals surface area contributed by atoms with Gasteiger partial charge in [-0.1, -0.05) is 0 Å². The molecular weight excluding hydrogens is 176 g/mol. The second kappa shape index (κ2) is 4.07. The number of anilines is 2. The van der Waals surface area contributed by atoms with Crippen LogP contribution in [0.3, 0.4) is 0 Å². The summed E-state index contributed by atoms with van der Waals surface area (Å²) < 4.78 is 0. The maximum atomic E-state index is 9.20. The molecule has 0 spiro atoms. The molecule has 0 unspecified atom stereocenters. The van der Waals surface area contributed by atoms with E-state index in [1.54, 1.807) is 12.1 Å². The van der Waals surface area contributed by atoms with Gasteiger partial charge < -0.3 is 15.7 Å². The number of nitrogens with zero attached hydrogens (tertiary/aromatic N) is 1. The Morgan fingerprint density at radius 1 is 1.33 bits per heavy atom. The first-order valence-electron chi connectivity index (χ1n) is 3.37. The summed E-state index contributed by atoms with van der Waals surface area (Å²) in [4.78, 5) is 1.90. The molecule has 4 heteroatoms. The van der Waals surface area contributed by atoms with Crippen molar-refractivity contribution in [1.82, 2.24) is 0 Å². The maximum absolute atomic E-state index is 9.20. The molecule has 0 radical (unpaired) electrons. The highest BCUT2D eigenvalue weighted by Gasteiger charge is 1.98. The van der Waals surface area contributed by atoms with Crippen molar-refractivity contribution in [3.05, 3.63) is 18.2 Å². The van der Waals surface area contributed by atoms with Crippen LogP contribution in [0.4, 0.5) is 11.4 Å². The van der Waals surface area contributed by atoms with Gasteiger partial charge in [-0.15, -0.1) is 12.4 Å². The number of rotatable bonds is 1. The fourth-order valence-electron chi connectivity index (χ4n) is 0.810. The molecule has 0 heterocycles. The molecule has 3 nitrogen and oxygen atoms in total. The number of benzene rings is 1. The average molecular weight is 189 g/mol. The first kappa shape index (κ1) is 10.9. The van der Waals surface area contributed by atoms with Crippen LogP contribution in [0.15, 0.2) is 18.2 Å². The number of aromatic hydroxyl groups is 1. The van der Waals surface area contributed by atoms with Gasteiger partial charge in [-0.25, -0.2) is 0 Å². The second-order valence-corrected chi connectivity index (χ2v) is 2.64. The highest BCUT2D eigenvalue weighted by atomic mass is 35.5. The van der Waals surface area contributed by atoms with Gasteiger partial charge in [-0.2, -0.15) is 0 Å². The van der Waals surface area contributed by atoms with Crippen LogP contribution in [0.25, 0.3) is 0 Å². The van der Waals surface area contributed by atoms with Gasteiger partial charge in [-0.3, -0.25) is 0 Å². The van der Waals surface area contributed by atoms with Gasteiger partial charge in [0, 0.05) is 25.8 Å². The Bertz CT molecular complexity index is 263. The van der Waals surface area contributed by atoms with Crippen molar-refractivity contribution in [3.8, 4) is 5.75 Å². The molecule has 0 aromatic heterocycles. The highest BCUT2D eigenvalue weighted by Crippen LogP contribution is 2.24. The van der Waals surface area contributed by atoms with E-state index in [-0.39, 0.29) is 18.2 Å². The summed E-state index contributed by atoms with van der Waals surface area (Å²) in [6, 6.07) is 5.18. The summed E-state index contributed by atoms with van der Waals surface area (Å²) in [5.41, 5.74) is 6.77. The lowest BCUT2D eigenvalue weighted by Crippen LogP contribution is -2.08. The lowest BCUT2D eigenvalue weighted by atomic mass is 10.2. The van der Waals surface area contributed by atoms with Crippen LogP contribution in [-0.2, 0) is 0 Å². The Balaban J connectivity index is 0.00000121. The molecule has 0 saturated carbocycles. The number of hydrogen-bond acceptors (Lipinski definition) is 3. The molecule has 1 aromatic rings. The van der Waals surface area contributed by atoms with Crippen molar-refractivity contribution in [2.75, 3.05) is 24.7 Å². The molecule has 0 aliphatic heterocycles. The Labute approximate surface area is 78.2 Å². The first-order chi connectivity index (χ1) is 5.11. The third kappa shape index (κ3) is 2.20. The molecule has 1 rings (SSSR count). The van der Waals surface area contributed by atoms with E-state index >= 15 is 0 Å². The molecule has 0 aliphatic carbocycles. The summed E-state index contributed by atoms with van der Waals surface area (Å²) in [5.74, 6) is 0.135. The number of nitrogen functional groups attached to an aromatic ring is 1. The second-order valence-electron chi connectivity index (χ2n) is 2.64. The Kier molecular flexibility index (Phi) is 3.70. The van der Waals surface area contributed by atoms with Gasteiger partial charge in [0.1, 0.15) is 5.75 Å². The normalized spacial score (nSPS) is 8.83. The van der Waals surface area contributed by atoms with E-state index in [0.717, 1.165) is 5.69 Å². The number of phenols is 1. The molecule has 0 amide bonds. The van der Waals surface area contributed by atoms with Crippen LogP contribution in [0, 0.1) is 0 Å². The van der Waals surface area contributed by atoms with Crippen molar-refractivity contribution < 1.29 is 5.11 Å². The Morgan fingerprint density at radius 3 is 2.33 bits per heavy atom. The average Bonchev–Trinajstić information content (AvgIpc) is 1.94. The largest absolute Gasteiger partial charge is 0.506 e. The van der Waals surface area contributed by atoms with Crippen LogP contribution in [-0.4, -0.2) is 19.2 Å². The fraction of sp³-hybridized carbons (Fsp3) is 0.250. The van der Waals surface area contributed by atoms with E-state index in [9.17, 15) is 5.11 Å². The van der Waals surface area contributed by atoms with Crippen LogP contribution in [0.2, 0.25) is 0 Å².